The molecule has 1 unspecified atom stereocenters. The van der Waals surface area contributed by atoms with Gasteiger partial charge in [-0.05, 0) is 12.8 Å². The molecule has 1 N–H and O–H groups in total. The van der Waals surface area contributed by atoms with E-state index in [1.165, 1.54) is 25.7 Å². The Bertz CT molecular complexity index is 154. The van der Waals surface area contributed by atoms with Crippen LogP contribution >= 0.6 is 0 Å². The summed E-state index contributed by atoms with van der Waals surface area (Å²) in [7, 11) is 0. The molecule has 1 atom stereocenters. The molecule has 0 aliphatic carbocycles. The third-order valence-corrected chi connectivity index (χ3v) is 2.73. The number of alkyl halides is 2. The summed E-state index contributed by atoms with van der Waals surface area (Å²) < 4.78 is 28.2. The average molecular weight is 252 g/mol. The van der Waals surface area contributed by atoms with E-state index < -0.39 is 19.1 Å². The van der Waals surface area contributed by atoms with Crippen LogP contribution in [0.3, 0.4) is 0 Å². The summed E-state index contributed by atoms with van der Waals surface area (Å²) in [6.07, 6.45) is 5.57. The van der Waals surface area contributed by atoms with Crippen LogP contribution in [-0.4, -0.2) is 30.8 Å². The van der Waals surface area contributed by atoms with Crippen LogP contribution in [0.2, 0.25) is 0 Å². The molecule has 0 aliphatic heterocycles. The van der Waals surface area contributed by atoms with Crippen molar-refractivity contribution in [3.63, 3.8) is 0 Å². The maximum absolute atomic E-state index is 11.7. The van der Waals surface area contributed by atoms with Gasteiger partial charge in [0.15, 0.2) is 0 Å². The van der Waals surface area contributed by atoms with E-state index in [4.69, 9.17) is 4.74 Å². The van der Waals surface area contributed by atoms with Crippen LogP contribution in [-0.2, 0) is 4.74 Å². The summed E-state index contributed by atoms with van der Waals surface area (Å²) in [6.45, 7) is 1.88. The summed E-state index contributed by atoms with van der Waals surface area (Å²) in [5, 5.41) is 9.55. The fourth-order valence-corrected chi connectivity index (χ4v) is 1.70. The smallest absolute Gasteiger partial charge is 0.261 e. The SMILES string of the molecule is CCCCCCCCC(O)CCOCC(F)F. The molecular formula is C13H26F2O2. The van der Waals surface area contributed by atoms with Crippen LogP contribution in [0.1, 0.15) is 58.3 Å². The van der Waals surface area contributed by atoms with Crippen molar-refractivity contribution >= 4 is 0 Å². The third-order valence-electron chi connectivity index (χ3n) is 2.73. The first-order valence-electron chi connectivity index (χ1n) is 6.70. The molecule has 104 valence electrons. The summed E-state index contributed by atoms with van der Waals surface area (Å²) in [4.78, 5) is 0. The number of rotatable bonds is 12. The summed E-state index contributed by atoms with van der Waals surface area (Å²) >= 11 is 0. The lowest BCUT2D eigenvalue weighted by atomic mass is 10.1. The Morgan fingerprint density at radius 3 is 2.29 bits per heavy atom. The first kappa shape index (κ1) is 16.8. The van der Waals surface area contributed by atoms with Crippen molar-refractivity contribution < 1.29 is 18.6 Å². The summed E-state index contributed by atoms with van der Waals surface area (Å²) in [5.41, 5.74) is 0. The van der Waals surface area contributed by atoms with Crippen LogP contribution in [0.25, 0.3) is 0 Å². The lowest BCUT2D eigenvalue weighted by Gasteiger charge is -2.10. The van der Waals surface area contributed by atoms with E-state index in [9.17, 15) is 13.9 Å². The first-order valence-corrected chi connectivity index (χ1v) is 6.70. The minimum atomic E-state index is -2.41. The van der Waals surface area contributed by atoms with Gasteiger partial charge in [-0.2, -0.15) is 0 Å². The van der Waals surface area contributed by atoms with Crippen molar-refractivity contribution in [2.24, 2.45) is 0 Å². The van der Waals surface area contributed by atoms with Crippen LogP contribution in [0.5, 0.6) is 0 Å². The minimum Gasteiger partial charge on any atom is -0.393 e. The van der Waals surface area contributed by atoms with Gasteiger partial charge in [0.1, 0.15) is 6.61 Å². The van der Waals surface area contributed by atoms with Crippen molar-refractivity contribution in [2.45, 2.75) is 70.8 Å². The second-order valence-electron chi connectivity index (χ2n) is 4.46. The Morgan fingerprint density at radius 1 is 1.00 bits per heavy atom. The third kappa shape index (κ3) is 13.7. The molecule has 0 spiro atoms. The van der Waals surface area contributed by atoms with Gasteiger partial charge in [-0.15, -0.1) is 0 Å². The quantitative estimate of drug-likeness (QED) is 0.536. The molecular weight excluding hydrogens is 226 g/mol. The molecule has 0 aromatic carbocycles. The summed E-state index contributed by atoms with van der Waals surface area (Å²) in [6, 6.07) is 0. The van der Waals surface area contributed by atoms with Gasteiger partial charge in [0.2, 0.25) is 0 Å². The Labute approximate surface area is 103 Å². The first-order chi connectivity index (χ1) is 8.16. The van der Waals surface area contributed by atoms with Gasteiger partial charge in [-0.1, -0.05) is 45.4 Å². The Hall–Kier alpha value is -0.220. The second kappa shape index (κ2) is 12.2. The van der Waals surface area contributed by atoms with Gasteiger partial charge in [0.25, 0.3) is 6.43 Å². The van der Waals surface area contributed by atoms with Crippen LogP contribution in [0.15, 0.2) is 0 Å². The lowest BCUT2D eigenvalue weighted by Crippen LogP contribution is -2.13. The molecule has 0 heterocycles. The number of hydrogen-bond acceptors (Lipinski definition) is 2. The zero-order valence-corrected chi connectivity index (χ0v) is 10.8. The lowest BCUT2D eigenvalue weighted by molar-refractivity contribution is 0.00401. The minimum absolute atomic E-state index is 0.224. The molecule has 2 nitrogen and oxygen atoms in total. The maximum atomic E-state index is 11.7. The van der Waals surface area contributed by atoms with E-state index in [1.54, 1.807) is 0 Å². The molecule has 0 bridgehead atoms. The predicted molar refractivity (Wildman–Crippen MR) is 65.4 cm³/mol. The van der Waals surface area contributed by atoms with E-state index in [0.717, 1.165) is 19.3 Å². The van der Waals surface area contributed by atoms with Crippen molar-refractivity contribution in [1.82, 2.24) is 0 Å². The molecule has 0 aromatic rings. The van der Waals surface area contributed by atoms with E-state index in [2.05, 4.69) is 6.92 Å². The number of hydrogen-bond donors (Lipinski definition) is 1. The molecule has 0 aromatic heterocycles. The van der Waals surface area contributed by atoms with E-state index in [0.29, 0.717) is 6.42 Å². The van der Waals surface area contributed by atoms with Gasteiger partial charge in [-0.3, -0.25) is 0 Å². The number of ether oxygens (including phenoxy) is 1. The topological polar surface area (TPSA) is 29.5 Å². The van der Waals surface area contributed by atoms with Gasteiger partial charge in [-0.25, -0.2) is 8.78 Å². The highest BCUT2D eigenvalue weighted by molar-refractivity contribution is 4.56. The Kier molecular flexibility index (Phi) is 12.1. The van der Waals surface area contributed by atoms with E-state index in [1.807, 2.05) is 0 Å². The predicted octanol–water partition coefficient (Wildman–Crippen LogP) is 3.77. The fourth-order valence-electron chi connectivity index (χ4n) is 1.70. The van der Waals surface area contributed by atoms with Crippen molar-refractivity contribution in [3.05, 3.63) is 0 Å². The van der Waals surface area contributed by atoms with Crippen molar-refractivity contribution in [3.8, 4) is 0 Å². The molecule has 0 saturated heterocycles. The zero-order chi connectivity index (χ0) is 12.9. The molecule has 0 rings (SSSR count). The molecule has 0 aliphatic rings. The number of aliphatic hydroxyl groups is 1. The van der Waals surface area contributed by atoms with Crippen molar-refractivity contribution in [1.29, 1.82) is 0 Å². The Morgan fingerprint density at radius 2 is 1.65 bits per heavy atom. The standard InChI is InChI=1S/C13H26F2O2/c1-2-3-4-5-6-7-8-12(16)9-10-17-11-13(14)15/h12-13,16H,2-11H2,1H3. The highest BCUT2D eigenvalue weighted by Crippen LogP contribution is 2.10. The normalized spacial score (nSPS) is 13.2. The van der Waals surface area contributed by atoms with E-state index >= 15 is 0 Å². The maximum Gasteiger partial charge on any atom is 0.261 e. The fraction of sp³-hybridized carbons (Fsp3) is 1.00. The largest absolute Gasteiger partial charge is 0.393 e. The van der Waals surface area contributed by atoms with Crippen molar-refractivity contribution in [2.75, 3.05) is 13.2 Å². The van der Waals surface area contributed by atoms with Crippen LogP contribution in [0, 0.1) is 0 Å². The number of halogens is 2. The monoisotopic (exact) mass is 252 g/mol. The Balaban J connectivity index is 3.14. The number of aliphatic hydroxyl groups excluding tert-OH is 1. The van der Waals surface area contributed by atoms with E-state index in [-0.39, 0.29) is 6.61 Å². The van der Waals surface area contributed by atoms with Crippen LogP contribution < -0.4 is 0 Å². The summed E-state index contributed by atoms with van der Waals surface area (Å²) in [5.74, 6) is 0. The van der Waals surface area contributed by atoms with Gasteiger partial charge in [0.05, 0.1) is 6.10 Å². The van der Waals surface area contributed by atoms with Gasteiger partial charge < -0.3 is 9.84 Å². The molecule has 0 fully saturated rings. The molecule has 4 heteroatoms. The molecule has 17 heavy (non-hydrogen) atoms. The average Bonchev–Trinajstić information content (AvgIpc) is 2.29. The molecule has 0 saturated carbocycles. The molecule has 0 amide bonds. The van der Waals surface area contributed by atoms with Gasteiger partial charge in [0, 0.05) is 6.61 Å². The zero-order valence-electron chi connectivity index (χ0n) is 10.8. The highest BCUT2D eigenvalue weighted by atomic mass is 19.3. The van der Waals surface area contributed by atoms with Gasteiger partial charge >= 0.3 is 0 Å². The van der Waals surface area contributed by atoms with Crippen LogP contribution in [0.4, 0.5) is 8.78 Å². The number of unbranched alkanes of at least 4 members (excludes halogenated alkanes) is 5. The molecule has 0 radical (unpaired) electrons. The second-order valence-corrected chi connectivity index (χ2v) is 4.46. The highest BCUT2D eigenvalue weighted by Gasteiger charge is 2.06.